The third-order valence-electron chi connectivity index (χ3n) is 8.31. The van der Waals surface area contributed by atoms with E-state index in [0.717, 1.165) is 78.8 Å². The Bertz CT molecular complexity index is 1400. The first-order valence-electron chi connectivity index (χ1n) is 13.4. The van der Waals surface area contributed by atoms with Gasteiger partial charge in [0.25, 0.3) is 5.91 Å². The largest absolute Gasteiger partial charge is 0.342 e. The molecule has 2 aliphatic carbocycles. The number of aromatic nitrogens is 2. The Morgan fingerprint density at radius 1 is 0.919 bits per heavy atom. The standard InChI is InChI=1S/C30H31N5O2/c1-33-19-26(16-31-33)23-4-2-21(3-5-23)22-6-8-24(9-7-22)27-32-30(13-14-30)29(37)35(27)18-20-12-15-34(17-20)28(36)25-10-11-25/h2-9,16,19-20,25H,10-15,17-18H2,1H3. The van der Waals surface area contributed by atoms with Gasteiger partial charge in [-0.05, 0) is 54.7 Å². The lowest BCUT2D eigenvalue weighted by atomic mass is 10.0. The highest BCUT2D eigenvalue weighted by Gasteiger charge is 2.57. The third-order valence-corrected chi connectivity index (χ3v) is 8.31. The molecule has 188 valence electrons. The third kappa shape index (κ3) is 4.06. The minimum Gasteiger partial charge on any atom is -0.342 e. The van der Waals surface area contributed by atoms with Gasteiger partial charge in [0.15, 0.2) is 0 Å². The van der Waals surface area contributed by atoms with Crippen LogP contribution in [0, 0.1) is 11.8 Å². The molecule has 0 radical (unpaired) electrons. The number of carbonyl (C=O) groups is 2. The molecule has 1 aromatic heterocycles. The quantitative estimate of drug-likeness (QED) is 0.518. The molecule has 0 N–H and O–H groups in total. The molecule has 3 fully saturated rings. The van der Waals surface area contributed by atoms with Gasteiger partial charge in [-0.15, -0.1) is 0 Å². The van der Waals surface area contributed by atoms with Crippen LogP contribution in [0.4, 0.5) is 0 Å². The normalized spacial score (nSPS) is 22.1. The van der Waals surface area contributed by atoms with Crippen LogP contribution in [-0.4, -0.2) is 62.4 Å². The summed E-state index contributed by atoms with van der Waals surface area (Å²) in [6, 6.07) is 16.9. The second kappa shape index (κ2) is 8.40. The van der Waals surface area contributed by atoms with Crippen molar-refractivity contribution in [2.24, 2.45) is 23.9 Å². The summed E-state index contributed by atoms with van der Waals surface area (Å²) in [5, 5.41) is 4.26. The molecule has 1 unspecified atom stereocenters. The van der Waals surface area contributed by atoms with Crippen LogP contribution in [0.25, 0.3) is 22.3 Å². The summed E-state index contributed by atoms with van der Waals surface area (Å²) in [5.41, 5.74) is 4.97. The van der Waals surface area contributed by atoms with Crippen LogP contribution in [0.15, 0.2) is 65.9 Å². The fourth-order valence-corrected chi connectivity index (χ4v) is 5.76. The lowest BCUT2D eigenvalue weighted by Crippen LogP contribution is -2.40. The number of aryl methyl sites for hydroxylation is 1. The topological polar surface area (TPSA) is 70.8 Å². The number of nitrogens with zero attached hydrogens (tertiary/aromatic N) is 5. The summed E-state index contributed by atoms with van der Waals surface area (Å²) < 4.78 is 1.81. The van der Waals surface area contributed by atoms with Crippen molar-refractivity contribution in [1.29, 1.82) is 0 Å². The molecule has 2 saturated carbocycles. The van der Waals surface area contributed by atoms with Crippen molar-refractivity contribution >= 4 is 17.6 Å². The van der Waals surface area contributed by atoms with E-state index in [1.165, 1.54) is 0 Å². The highest BCUT2D eigenvalue weighted by molar-refractivity contribution is 6.16. The molecular formula is C30H31N5O2. The van der Waals surface area contributed by atoms with E-state index in [9.17, 15) is 9.59 Å². The van der Waals surface area contributed by atoms with Crippen LogP contribution in [0.2, 0.25) is 0 Å². The number of benzene rings is 2. The summed E-state index contributed by atoms with van der Waals surface area (Å²) in [6.07, 6.45) is 8.59. The summed E-state index contributed by atoms with van der Waals surface area (Å²) in [4.78, 5) is 34.8. The molecule has 7 nitrogen and oxygen atoms in total. The first kappa shape index (κ1) is 22.5. The number of amidine groups is 1. The van der Waals surface area contributed by atoms with Crippen LogP contribution >= 0.6 is 0 Å². The maximum Gasteiger partial charge on any atom is 0.256 e. The fourth-order valence-electron chi connectivity index (χ4n) is 5.76. The minimum absolute atomic E-state index is 0.143. The second-order valence-electron chi connectivity index (χ2n) is 11.2. The van der Waals surface area contributed by atoms with Crippen LogP contribution in [0.5, 0.6) is 0 Å². The summed E-state index contributed by atoms with van der Waals surface area (Å²) in [5.74, 6) is 1.82. The average Bonchev–Trinajstić information content (AvgIpc) is 3.81. The van der Waals surface area contributed by atoms with Gasteiger partial charge in [0.2, 0.25) is 5.91 Å². The summed E-state index contributed by atoms with van der Waals surface area (Å²) in [6.45, 7) is 2.21. The van der Waals surface area contributed by atoms with Crippen LogP contribution in [0.3, 0.4) is 0 Å². The maximum atomic E-state index is 13.4. The number of likely N-dealkylation sites (tertiary alicyclic amines) is 1. The van der Waals surface area contributed by atoms with Crippen molar-refractivity contribution in [3.8, 4) is 22.3 Å². The fraction of sp³-hybridized carbons (Fsp3) is 0.400. The van der Waals surface area contributed by atoms with Gasteiger partial charge in [0.05, 0.1) is 6.20 Å². The van der Waals surface area contributed by atoms with Crippen molar-refractivity contribution in [1.82, 2.24) is 19.6 Å². The zero-order chi connectivity index (χ0) is 25.1. The van der Waals surface area contributed by atoms with E-state index in [0.29, 0.717) is 18.4 Å². The van der Waals surface area contributed by atoms with E-state index in [-0.39, 0.29) is 11.8 Å². The van der Waals surface area contributed by atoms with Gasteiger partial charge in [0.1, 0.15) is 11.4 Å². The summed E-state index contributed by atoms with van der Waals surface area (Å²) >= 11 is 0. The molecule has 7 heteroatoms. The Balaban J connectivity index is 1.08. The Kier molecular flexibility index (Phi) is 5.10. The van der Waals surface area contributed by atoms with E-state index < -0.39 is 5.54 Å². The number of rotatable bonds is 6. The molecular weight excluding hydrogens is 462 g/mol. The zero-order valence-corrected chi connectivity index (χ0v) is 21.1. The monoisotopic (exact) mass is 493 g/mol. The van der Waals surface area contributed by atoms with E-state index in [1.807, 2.05) is 33.9 Å². The van der Waals surface area contributed by atoms with E-state index in [1.54, 1.807) is 0 Å². The van der Waals surface area contributed by atoms with Crippen molar-refractivity contribution in [3.05, 3.63) is 66.5 Å². The van der Waals surface area contributed by atoms with Gasteiger partial charge < -0.3 is 4.90 Å². The van der Waals surface area contributed by atoms with Gasteiger partial charge in [0, 0.05) is 49.9 Å². The van der Waals surface area contributed by atoms with Crippen molar-refractivity contribution < 1.29 is 9.59 Å². The van der Waals surface area contributed by atoms with Gasteiger partial charge in [-0.2, -0.15) is 5.10 Å². The van der Waals surface area contributed by atoms with Gasteiger partial charge in [-0.1, -0.05) is 48.5 Å². The van der Waals surface area contributed by atoms with E-state index in [4.69, 9.17) is 4.99 Å². The number of hydrogen-bond donors (Lipinski definition) is 0. The Hall–Kier alpha value is -3.74. The second-order valence-corrected chi connectivity index (χ2v) is 11.2. The first-order chi connectivity index (χ1) is 18.0. The SMILES string of the molecule is Cn1cc(-c2ccc(-c3ccc(C4=NC5(CC5)C(=O)N4CC4CCN(C(=O)C5CC5)C4)cc3)cc2)cn1. The molecule has 1 saturated heterocycles. The van der Waals surface area contributed by atoms with Crippen molar-refractivity contribution in [3.63, 3.8) is 0 Å². The zero-order valence-electron chi connectivity index (χ0n) is 21.1. The molecule has 3 heterocycles. The molecule has 1 spiro atoms. The number of carbonyl (C=O) groups excluding carboxylic acids is 2. The molecule has 37 heavy (non-hydrogen) atoms. The maximum absolute atomic E-state index is 13.4. The number of amides is 2. The predicted octanol–water partition coefficient (Wildman–Crippen LogP) is 4.13. The average molecular weight is 494 g/mol. The molecule has 2 aromatic carbocycles. The summed E-state index contributed by atoms with van der Waals surface area (Å²) in [7, 11) is 1.92. The van der Waals surface area contributed by atoms with Crippen LogP contribution < -0.4 is 0 Å². The van der Waals surface area contributed by atoms with E-state index >= 15 is 0 Å². The Morgan fingerprint density at radius 3 is 2.11 bits per heavy atom. The molecule has 0 bridgehead atoms. The molecule has 7 rings (SSSR count). The highest BCUT2D eigenvalue weighted by atomic mass is 16.2. The van der Waals surface area contributed by atoms with Gasteiger partial charge in [-0.3, -0.25) is 24.2 Å². The molecule has 2 amide bonds. The number of hydrogen-bond acceptors (Lipinski definition) is 4. The first-order valence-corrected chi connectivity index (χ1v) is 13.4. The lowest BCUT2D eigenvalue weighted by Gasteiger charge is -2.23. The van der Waals surface area contributed by atoms with Crippen LogP contribution in [0.1, 0.15) is 37.7 Å². The Labute approximate surface area is 216 Å². The van der Waals surface area contributed by atoms with Gasteiger partial charge in [-0.25, -0.2) is 0 Å². The minimum atomic E-state index is -0.530. The smallest absolute Gasteiger partial charge is 0.256 e. The van der Waals surface area contributed by atoms with Crippen molar-refractivity contribution in [2.75, 3.05) is 19.6 Å². The predicted molar refractivity (Wildman–Crippen MR) is 142 cm³/mol. The molecule has 1 atom stereocenters. The number of aliphatic imine (C=N–C) groups is 1. The lowest BCUT2D eigenvalue weighted by molar-refractivity contribution is -0.131. The Morgan fingerprint density at radius 2 is 1.54 bits per heavy atom. The molecule has 2 aliphatic heterocycles. The van der Waals surface area contributed by atoms with E-state index in [2.05, 4.69) is 53.6 Å². The molecule has 3 aromatic rings. The van der Waals surface area contributed by atoms with Crippen molar-refractivity contribution in [2.45, 2.75) is 37.6 Å². The van der Waals surface area contributed by atoms with Gasteiger partial charge >= 0.3 is 0 Å². The highest BCUT2D eigenvalue weighted by Crippen LogP contribution is 2.46. The molecule has 4 aliphatic rings. The van der Waals surface area contributed by atoms with Crippen LogP contribution in [-0.2, 0) is 16.6 Å².